The number of urea groups is 1. The van der Waals surface area contributed by atoms with Crippen molar-refractivity contribution in [3.8, 4) is 0 Å². The highest BCUT2D eigenvalue weighted by molar-refractivity contribution is 8.15. The molecule has 6 nitrogen and oxygen atoms in total. The molecule has 1 saturated heterocycles. The number of nitrogens with zero attached hydrogens (tertiary/aromatic N) is 2. The summed E-state index contributed by atoms with van der Waals surface area (Å²) in [4.78, 5) is 30.8. The van der Waals surface area contributed by atoms with E-state index >= 15 is 0 Å². The first kappa shape index (κ1) is 21.1. The van der Waals surface area contributed by atoms with E-state index in [-0.39, 0.29) is 17.6 Å². The Hall–Kier alpha value is -2.64. The number of nitrogens with one attached hydrogen (secondary N) is 1. The molecule has 7 heteroatoms. The number of carbonyl (C=O) groups is 2. The fourth-order valence-corrected chi connectivity index (χ4v) is 4.04. The molecule has 0 atom stereocenters. The number of amides is 3. The van der Waals surface area contributed by atoms with Gasteiger partial charge in [0.25, 0.3) is 0 Å². The van der Waals surface area contributed by atoms with Crippen molar-refractivity contribution in [2.24, 2.45) is 10.7 Å². The molecular weight excluding hydrogens is 384 g/mol. The van der Waals surface area contributed by atoms with Gasteiger partial charge in [-0.1, -0.05) is 49.9 Å². The first-order chi connectivity index (χ1) is 13.9. The number of aliphatic imine (C=N–C) groups is 1. The molecule has 0 spiro atoms. The van der Waals surface area contributed by atoms with Gasteiger partial charge in [-0.15, -0.1) is 0 Å². The monoisotopic (exact) mass is 410 g/mol. The minimum Gasteiger partial charge on any atom is -0.330 e. The molecular formula is C22H26N4O2S. The van der Waals surface area contributed by atoms with E-state index in [4.69, 9.17) is 5.73 Å². The van der Waals surface area contributed by atoms with Crippen molar-refractivity contribution in [3.05, 3.63) is 59.2 Å². The van der Waals surface area contributed by atoms with Crippen LogP contribution < -0.4 is 16.0 Å². The Bertz CT molecular complexity index is 938. The summed E-state index contributed by atoms with van der Waals surface area (Å²) >= 11 is 1.28. The van der Waals surface area contributed by atoms with Crippen LogP contribution in [0.25, 0.3) is 0 Å². The van der Waals surface area contributed by atoms with E-state index in [2.05, 4.69) is 24.2 Å². The largest absolute Gasteiger partial charge is 0.347 e. The smallest absolute Gasteiger partial charge is 0.330 e. The summed E-state index contributed by atoms with van der Waals surface area (Å²) in [5.41, 5.74) is 10.2. The van der Waals surface area contributed by atoms with Crippen molar-refractivity contribution >= 4 is 40.2 Å². The van der Waals surface area contributed by atoms with Crippen molar-refractivity contribution in [2.75, 3.05) is 22.5 Å². The molecule has 0 saturated carbocycles. The van der Waals surface area contributed by atoms with Gasteiger partial charge in [-0.05, 0) is 60.7 Å². The lowest BCUT2D eigenvalue weighted by atomic mass is 9.99. The van der Waals surface area contributed by atoms with Gasteiger partial charge in [-0.3, -0.25) is 9.69 Å². The molecule has 152 valence electrons. The van der Waals surface area contributed by atoms with Crippen LogP contribution >= 0.6 is 11.8 Å². The first-order valence-electron chi connectivity index (χ1n) is 9.64. The Morgan fingerprint density at radius 2 is 1.97 bits per heavy atom. The minimum absolute atomic E-state index is 0.0693. The normalized spacial score (nSPS) is 15.4. The highest BCUT2D eigenvalue weighted by Crippen LogP contribution is 2.34. The average Bonchev–Trinajstić information content (AvgIpc) is 3.03. The predicted molar refractivity (Wildman–Crippen MR) is 121 cm³/mol. The zero-order valence-corrected chi connectivity index (χ0v) is 17.8. The van der Waals surface area contributed by atoms with Gasteiger partial charge in [0.2, 0.25) is 5.91 Å². The standard InChI is InChI=1S/C22H26N4O2S/c1-14(2)18-9-4-15(3)12-19(18)26-20(27)13-29-22(26)25-21(28)24-17-7-5-16(6-8-17)10-11-23/h4-9,12,14H,10-11,13,23H2,1-3H3,(H,24,28). The van der Waals surface area contributed by atoms with Crippen LogP contribution in [0.5, 0.6) is 0 Å². The van der Waals surface area contributed by atoms with E-state index in [1.54, 1.807) is 4.90 Å². The molecule has 2 aromatic rings. The van der Waals surface area contributed by atoms with Gasteiger partial charge in [-0.25, -0.2) is 4.79 Å². The van der Waals surface area contributed by atoms with Crippen LogP contribution in [0.2, 0.25) is 0 Å². The summed E-state index contributed by atoms with van der Waals surface area (Å²) in [6.07, 6.45) is 0.791. The van der Waals surface area contributed by atoms with Crippen molar-refractivity contribution in [1.82, 2.24) is 0 Å². The molecule has 29 heavy (non-hydrogen) atoms. The van der Waals surface area contributed by atoms with Crippen LogP contribution in [0.15, 0.2) is 47.5 Å². The molecule has 1 heterocycles. The number of hydrogen-bond acceptors (Lipinski definition) is 4. The Labute approximate surface area is 175 Å². The fraction of sp³-hybridized carbons (Fsp3) is 0.318. The summed E-state index contributed by atoms with van der Waals surface area (Å²) in [7, 11) is 0. The predicted octanol–water partition coefficient (Wildman–Crippen LogP) is 4.29. The molecule has 3 amide bonds. The van der Waals surface area contributed by atoms with Gasteiger partial charge in [0.05, 0.1) is 11.4 Å². The molecule has 1 fully saturated rings. The summed E-state index contributed by atoms with van der Waals surface area (Å²) in [6, 6.07) is 13.0. The van der Waals surface area contributed by atoms with Crippen molar-refractivity contribution in [2.45, 2.75) is 33.1 Å². The number of thioether (sulfide) groups is 1. The fourth-order valence-electron chi connectivity index (χ4n) is 3.18. The van der Waals surface area contributed by atoms with Gasteiger partial charge in [0.15, 0.2) is 5.17 Å². The Morgan fingerprint density at radius 3 is 2.62 bits per heavy atom. The Balaban J connectivity index is 1.84. The highest BCUT2D eigenvalue weighted by atomic mass is 32.2. The van der Waals surface area contributed by atoms with E-state index in [0.29, 0.717) is 17.4 Å². The molecule has 0 radical (unpaired) electrons. The quantitative estimate of drug-likeness (QED) is 0.770. The molecule has 1 aliphatic heterocycles. The van der Waals surface area contributed by atoms with E-state index in [9.17, 15) is 9.59 Å². The van der Waals surface area contributed by atoms with Crippen LogP contribution in [-0.2, 0) is 11.2 Å². The van der Waals surface area contributed by atoms with Crippen molar-refractivity contribution in [3.63, 3.8) is 0 Å². The lowest BCUT2D eigenvalue weighted by molar-refractivity contribution is -0.115. The summed E-state index contributed by atoms with van der Waals surface area (Å²) in [6.45, 7) is 6.73. The maximum absolute atomic E-state index is 12.6. The molecule has 0 bridgehead atoms. The van der Waals surface area contributed by atoms with E-state index in [1.165, 1.54) is 11.8 Å². The number of nitrogens with two attached hydrogens (primary N) is 1. The van der Waals surface area contributed by atoms with Crippen LogP contribution in [0.1, 0.15) is 36.5 Å². The molecule has 0 aliphatic carbocycles. The third kappa shape index (κ3) is 5.05. The molecule has 0 aromatic heterocycles. The Kier molecular flexibility index (Phi) is 6.71. The third-order valence-corrected chi connectivity index (χ3v) is 5.57. The second-order valence-corrected chi connectivity index (χ2v) is 8.24. The van der Waals surface area contributed by atoms with Crippen molar-refractivity contribution < 1.29 is 9.59 Å². The van der Waals surface area contributed by atoms with Crippen LogP contribution in [-0.4, -0.2) is 29.4 Å². The van der Waals surface area contributed by atoms with E-state index in [1.807, 2.05) is 49.4 Å². The number of aryl methyl sites for hydroxylation is 1. The maximum atomic E-state index is 12.6. The summed E-state index contributed by atoms with van der Waals surface area (Å²) < 4.78 is 0. The molecule has 2 aromatic carbocycles. The number of benzene rings is 2. The Morgan fingerprint density at radius 1 is 1.24 bits per heavy atom. The second kappa shape index (κ2) is 9.24. The molecule has 1 aliphatic rings. The summed E-state index contributed by atoms with van der Waals surface area (Å²) in [5, 5.41) is 3.17. The zero-order valence-electron chi connectivity index (χ0n) is 16.9. The number of hydrogen-bond donors (Lipinski definition) is 2. The van der Waals surface area contributed by atoms with Gasteiger partial charge in [-0.2, -0.15) is 4.99 Å². The minimum atomic E-state index is -0.502. The topological polar surface area (TPSA) is 87.8 Å². The molecule has 3 N–H and O–H groups in total. The van der Waals surface area contributed by atoms with Gasteiger partial charge >= 0.3 is 6.03 Å². The third-order valence-electron chi connectivity index (χ3n) is 4.65. The number of anilines is 2. The van der Waals surface area contributed by atoms with E-state index in [0.717, 1.165) is 28.8 Å². The highest BCUT2D eigenvalue weighted by Gasteiger charge is 2.32. The SMILES string of the molecule is Cc1ccc(C(C)C)c(N2C(=O)CSC2=NC(=O)Nc2ccc(CCN)cc2)c1. The van der Waals surface area contributed by atoms with Gasteiger partial charge in [0, 0.05) is 5.69 Å². The average molecular weight is 411 g/mol. The van der Waals surface area contributed by atoms with Crippen molar-refractivity contribution in [1.29, 1.82) is 0 Å². The number of rotatable bonds is 5. The molecule has 3 rings (SSSR count). The van der Waals surface area contributed by atoms with Gasteiger partial charge in [0.1, 0.15) is 0 Å². The van der Waals surface area contributed by atoms with E-state index < -0.39 is 6.03 Å². The number of carbonyl (C=O) groups excluding carboxylic acids is 2. The summed E-state index contributed by atoms with van der Waals surface area (Å²) in [5.74, 6) is 0.442. The molecule has 0 unspecified atom stereocenters. The lowest BCUT2D eigenvalue weighted by Gasteiger charge is -2.22. The van der Waals surface area contributed by atoms with Crippen LogP contribution in [0, 0.1) is 6.92 Å². The number of amidine groups is 1. The lowest BCUT2D eigenvalue weighted by Crippen LogP contribution is -2.31. The maximum Gasteiger partial charge on any atom is 0.347 e. The van der Waals surface area contributed by atoms with Gasteiger partial charge < -0.3 is 11.1 Å². The van der Waals surface area contributed by atoms with Crippen LogP contribution in [0.3, 0.4) is 0 Å². The zero-order chi connectivity index (χ0) is 21.0. The second-order valence-electron chi connectivity index (χ2n) is 7.29. The van der Waals surface area contributed by atoms with Crippen LogP contribution in [0.4, 0.5) is 16.2 Å². The first-order valence-corrected chi connectivity index (χ1v) is 10.6.